The number of fused-ring (bicyclic) bond motifs is 1. The van der Waals surface area contributed by atoms with Crippen molar-refractivity contribution < 1.29 is 9.90 Å². The molecule has 1 N–H and O–H groups in total. The second-order valence-electron chi connectivity index (χ2n) is 5.66. The Kier molecular flexibility index (Phi) is 3.92. The second kappa shape index (κ2) is 5.85. The number of aliphatic hydroxyl groups excluding tert-OH is 1. The number of likely N-dealkylation sites (tertiary alicyclic amines) is 1. The zero-order chi connectivity index (χ0) is 14.8. The highest BCUT2D eigenvalue weighted by molar-refractivity contribution is 5.81. The zero-order valence-electron chi connectivity index (χ0n) is 12.3. The molecule has 21 heavy (non-hydrogen) atoms. The molecule has 2 aromatic rings. The molecule has 1 aliphatic rings. The maximum Gasteiger partial charge on any atom is 0.242 e. The third-order valence-electron chi connectivity index (χ3n) is 4.06. The van der Waals surface area contributed by atoms with Crippen LogP contribution in [0, 0.1) is 0 Å². The number of hydrogen-bond acceptors (Lipinski definition) is 3. The Balaban J connectivity index is 1.91. The first-order valence-electron chi connectivity index (χ1n) is 7.58. The van der Waals surface area contributed by atoms with E-state index in [-0.39, 0.29) is 12.5 Å². The molecule has 5 nitrogen and oxygen atoms in total. The molecular formula is C16H21N3O2. The molecule has 1 atom stereocenters. The Hall–Kier alpha value is -1.88. The Bertz CT molecular complexity index is 642. The number of aliphatic hydroxyl groups is 1. The van der Waals surface area contributed by atoms with Gasteiger partial charge in [0.1, 0.15) is 18.5 Å². The summed E-state index contributed by atoms with van der Waals surface area (Å²) in [6, 6.07) is 7.69. The van der Waals surface area contributed by atoms with Gasteiger partial charge < -0.3 is 14.6 Å². The van der Waals surface area contributed by atoms with E-state index in [1.807, 2.05) is 33.7 Å². The first-order valence-corrected chi connectivity index (χ1v) is 7.58. The lowest BCUT2D eigenvalue weighted by atomic mass is 10.1. The highest BCUT2D eigenvalue weighted by Gasteiger charge is 2.21. The minimum atomic E-state index is -0.688. The Morgan fingerprint density at radius 2 is 2.00 bits per heavy atom. The summed E-state index contributed by atoms with van der Waals surface area (Å²) in [5.74, 6) is 0.668. The van der Waals surface area contributed by atoms with Gasteiger partial charge in [-0.25, -0.2) is 4.98 Å². The smallest absolute Gasteiger partial charge is 0.242 e. The quantitative estimate of drug-likeness (QED) is 0.940. The number of nitrogens with zero attached hydrogens (tertiary/aromatic N) is 3. The molecule has 1 saturated heterocycles. The molecule has 112 valence electrons. The van der Waals surface area contributed by atoms with Crippen molar-refractivity contribution in [3.63, 3.8) is 0 Å². The molecule has 0 bridgehead atoms. The van der Waals surface area contributed by atoms with Crippen LogP contribution in [-0.4, -0.2) is 38.6 Å². The first-order chi connectivity index (χ1) is 10.2. The molecule has 0 spiro atoms. The van der Waals surface area contributed by atoms with Gasteiger partial charge in [0.25, 0.3) is 0 Å². The number of piperidine rings is 1. The second-order valence-corrected chi connectivity index (χ2v) is 5.66. The van der Waals surface area contributed by atoms with Crippen molar-refractivity contribution in [3.8, 4) is 0 Å². The lowest BCUT2D eigenvalue weighted by Crippen LogP contribution is -2.38. The summed E-state index contributed by atoms with van der Waals surface area (Å²) < 4.78 is 1.84. The molecule has 1 aromatic carbocycles. The Labute approximate surface area is 124 Å². The van der Waals surface area contributed by atoms with Gasteiger partial charge >= 0.3 is 0 Å². The van der Waals surface area contributed by atoms with E-state index >= 15 is 0 Å². The summed E-state index contributed by atoms with van der Waals surface area (Å²) in [5, 5.41) is 9.92. The molecule has 5 heteroatoms. The van der Waals surface area contributed by atoms with E-state index in [4.69, 9.17) is 0 Å². The number of benzene rings is 1. The summed E-state index contributed by atoms with van der Waals surface area (Å²) >= 11 is 0. The normalized spacial score (nSPS) is 17.1. The number of carbonyl (C=O) groups excluding carboxylic acids is 1. The van der Waals surface area contributed by atoms with Gasteiger partial charge in [0.2, 0.25) is 5.91 Å². The van der Waals surface area contributed by atoms with Crippen LogP contribution in [0.25, 0.3) is 11.0 Å². The van der Waals surface area contributed by atoms with Crippen LogP contribution in [0.1, 0.15) is 38.1 Å². The van der Waals surface area contributed by atoms with Crippen LogP contribution < -0.4 is 0 Å². The Morgan fingerprint density at radius 3 is 2.71 bits per heavy atom. The van der Waals surface area contributed by atoms with Gasteiger partial charge in [0.05, 0.1) is 11.0 Å². The molecule has 1 aliphatic heterocycles. The van der Waals surface area contributed by atoms with E-state index in [1.165, 1.54) is 6.42 Å². The van der Waals surface area contributed by atoms with Crippen molar-refractivity contribution in [2.24, 2.45) is 0 Å². The van der Waals surface area contributed by atoms with E-state index < -0.39 is 6.10 Å². The van der Waals surface area contributed by atoms with E-state index in [2.05, 4.69) is 4.98 Å². The van der Waals surface area contributed by atoms with Crippen molar-refractivity contribution in [2.45, 2.75) is 38.8 Å². The standard InChI is InChI=1S/C16H21N3O2/c1-12(20)16-17-13-7-3-4-8-14(13)19(16)11-15(21)18-9-5-2-6-10-18/h3-4,7-8,12,20H,2,5-6,9-11H2,1H3/t12-/m1/s1. The topological polar surface area (TPSA) is 58.4 Å². The molecule has 1 aromatic heterocycles. The van der Waals surface area contributed by atoms with Crippen LogP contribution >= 0.6 is 0 Å². The van der Waals surface area contributed by atoms with Crippen LogP contribution in [-0.2, 0) is 11.3 Å². The maximum absolute atomic E-state index is 12.5. The summed E-state index contributed by atoms with van der Waals surface area (Å²) in [4.78, 5) is 18.9. The molecule has 0 unspecified atom stereocenters. The summed E-state index contributed by atoms with van der Waals surface area (Å²) in [6.07, 6.45) is 2.68. The average molecular weight is 287 g/mol. The maximum atomic E-state index is 12.5. The molecule has 2 heterocycles. The van der Waals surface area contributed by atoms with Gasteiger partial charge in [0.15, 0.2) is 0 Å². The number of amides is 1. The van der Waals surface area contributed by atoms with E-state index in [1.54, 1.807) is 6.92 Å². The minimum absolute atomic E-state index is 0.111. The van der Waals surface area contributed by atoms with E-state index in [9.17, 15) is 9.90 Å². The average Bonchev–Trinajstić information content (AvgIpc) is 2.87. The third-order valence-corrected chi connectivity index (χ3v) is 4.06. The highest BCUT2D eigenvalue weighted by atomic mass is 16.3. The van der Waals surface area contributed by atoms with Crippen molar-refractivity contribution >= 4 is 16.9 Å². The molecule has 3 rings (SSSR count). The van der Waals surface area contributed by atoms with Crippen molar-refractivity contribution in [1.29, 1.82) is 0 Å². The largest absolute Gasteiger partial charge is 0.385 e. The molecule has 1 amide bonds. The van der Waals surface area contributed by atoms with E-state index in [0.717, 1.165) is 37.0 Å². The van der Waals surface area contributed by atoms with Gasteiger partial charge in [-0.05, 0) is 38.3 Å². The summed E-state index contributed by atoms with van der Waals surface area (Å²) in [7, 11) is 0. The van der Waals surface area contributed by atoms with Crippen molar-refractivity contribution in [3.05, 3.63) is 30.1 Å². The number of para-hydroxylation sites is 2. The first kappa shape index (κ1) is 14.1. The molecular weight excluding hydrogens is 266 g/mol. The van der Waals surface area contributed by atoms with Crippen LogP contribution in [0.5, 0.6) is 0 Å². The van der Waals surface area contributed by atoms with Gasteiger partial charge in [-0.2, -0.15) is 0 Å². The van der Waals surface area contributed by atoms with Gasteiger partial charge in [-0.3, -0.25) is 4.79 Å². The molecule has 0 aliphatic carbocycles. The fourth-order valence-electron chi connectivity index (χ4n) is 2.96. The third kappa shape index (κ3) is 2.78. The summed E-state index contributed by atoms with van der Waals surface area (Å²) in [6.45, 7) is 3.62. The lowest BCUT2D eigenvalue weighted by molar-refractivity contribution is -0.132. The van der Waals surface area contributed by atoms with Crippen LogP contribution in [0.2, 0.25) is 0 Å². The molecule has 0 saturated carbocycles. The number of imidazole rings is 1. The van der Waals surface area contributed by atoms with Gasteiger partial charge in [-0.15, -0.1) is 0 Å². The number of carbonyl (C=O) groups is 1. The van der Waals surface area contributed by atoms with Crippen molar-refractivity contribution in [1.82, 2.24) is 14.5 Å². The lowest BCUT2D eigenvalue weighted by Gasteiger charge is -2.27. The van der Waals surface area contributed by atoms with Crippen molar-refractivity contribution in [2.75, 3.05) is 13.1 Å². The molecule has 1 fully saturated rings. The zero-order valence-corrected chi connectivity index (χ0v) is 12.3. The van der Waals surface area contributed by atoms with Crippen LogP contribution in [0.3, 0.4) is 0 Å². The fourth-order valence-corrected chi connectivity index (χ4v) is 2.96. The molecule has 0 radical (unpaired) electrons. The van der Waals surface area contributed by atoms with Crippen LogP contribution in [0.4, 0.5) is 0 Å². The van der Waals surface area contributed by atoms with Gasteiger partial charge in [-0.1, -0.05) is 12.1 Å². The Morgan fingerprint density at radius 1 is 1.29 bits per heavy atom. The van der Waals surface area contributed by atoms with Gasteiger partial charge in [0, 0.05) is 13.1 Å². The van der Waals surface area contributed by atoms with E-state index in [0.29, 0.717) is 5.82 Å². The predicted octanol–water partition coefficient (Wildman–Crippen LogP) is 2.10. The highest BCUT2D eigenvalue weighted by Crippen LogP contribution is 2.21. The number of aromatic nitrogens is 2. The SMILES string of the molecule is C[C@@H](O)c1nc2ccccc2n1CC(=O)N1CCCCC1. The number of rotatable bonds is 3. The minimum Gasteiger partial charge on any atom is -0.385 e. The predicted molar refractivity (Wildman–Crippen MR) is 80.8 cm³/mol. The summed E-state index contributed by atoms with van der Waals surface area (Å²) in [5.41, 5.74) is 1.72. The van der Waals surface area contributed by atoms with Crippen LogP contribution in [0.15, 0.2) is 24.3 Å². The fraction of sp³-hybridized carbons (Fsp3) is 0.500. The monoisotopic (exact) mass is 287 g/mol. The number of hydrogen-bond donors (Lipinski definition) is 1.